The number of amides is 3. The fourth-order valence-electron chi connectivity index (χ4n) is 1.22. The standard InChI is InChI=1S/C8H13ClN2O3/c9-4-7(12)11-8(13)10-5-6-2-1-3-14-6/h6H,1-5H2,(H2,10,11,12,13). The van der Waals surface area contributed by atoms with Crippen LogP contribution in [-0.4, -0.2) is 37.1 Å². The molecule has 0 spiro atoms. The number of rotatable bonds is 3. The summed E-state index contributed by atoms with van der Waals surface area (Å²) in [7, 11) is 0. The highest BCUT2D eigenvalue weighted by molar-refractivity contribution is 6.28. The van der Waals surface area contributed by atoms with Crippen LogP contribution in [0.2, 0.25) is 0 Å². The Morgan fingerprint density at radius 2 is 2.29 bits per heavy atom. The molecule has 1 fully saturated rings. The van der Waals surface area contributed by atoms with Gasteiger partial charge in [0.1, 0.15) is 5.88 Å². The van der Waals surface area contributed by atoms with Gasteiger partial charge >= 0.3 is 6.03 Å². The van der Waals surface area contributed by atoms with Crippen molar-refractivity contribution in [2.75, 3.05) is 19.0 Å². The van der Waals surface area contributed by atoms with Crippen molar-refractivity contribution < 1.29 is 14.3 Å². The van der Waals surface area contributed by atoms with Gasteiger partial charge in [0.05, 0.1) is 6.10 Å². The van der Waals surface area contributed by atoms with Crippen molar-refractivity contribution in [2.45, 2.75) is 18.9 Å². The predicted octanol–water partition coefficient (Wildman–Crippen LogP) is 0.230. The van der Waals surface area contributed by atoms with Gasteiger partial charge in [-0.2, -0.15) is 0 Å². The number of carbonyl (C=O) groups excluding carboxylic acids is 2. The van der Waals surface area contributed by atoms with Crippen LogP contribution in [0.1, 0.15) is 12.8 Å². The maximum Gasteiger partial charge on any atom is 0.321 e. The molecule has 0 radical (unpaired) electrons. The lowest BCUT2D eigenvalue weighted by Crippen LogP contribution is -2.42. The molecule has 1 unspecified atom stereocenters. The molecule has 1 atom stereocenters. The van der Waals surface area contributed by atoms with E-state index in [1.165, 1.54) is 0 Å². The Hall–Kier alpha value is -0.810. The average molecular weight is 221 g/mol. The smallest absolute Gasteiger partial charge is 0.321 e. The molecular weight excluding hydrogens is 208 g/mol. The molecule has 6 heteroatoms. The Morgan fingerprint density at radius 1 is 1.50 bits per heavy atom. The highest BCUT2D eigenvalue weighted by atomic mass is 35.5. The van der Waals surface area contributed by atoms with Crippen LogP contribution in [0.3, 0.4) is 0 Å². The van der Waals surface area contributed by atoms with Gasteiger partial charge in [0.2, 0.25) is 5.91 Å². The van der Waals surface area contributed by atoms with Gasteiger partial charge in [-0.1, -0.05) is 0 Å². The van der Waals surface area contributed by atoms with E-state index in [9.17, 15) is 9.59 Å². The summed E-state index contributed by atoms with van der Waals surface area (Å²) in [5.41, 5.74) is 0. The lowest BCUT2D eigenvalue weighted by molar-refractivity contribution is -0.117. The highest BCUT2D eigenvalue weighted by Crippen LogP contribution is 2.10. The summed E-state index contributed by atoms with van der Waals surface area (Å²) in [5, 5.41) is 4.61. The summed E-state index contributed by atoms with van der Waals surface area (Å²) in [6.07, 6.45) is 2.05. The second-order valence-corrected chi connectivity index (χ2v) is 3.29. The molecule has 0 aromatic rings. The van der Waals surface area contributed by atoms with Crippen LogP contribution in [0, 0.1) is 0 Å². The molecule has 1 heterocycles. The lowest BCUT2D eigenvalue weighted by Gasteiger charge is -2.10. The van der Waals surface area contributed by atoms with Gasteiger partial charge in [-0.25, -0.2) is 4.79 Å². The van der Waals surface area contributed by atoms with Crippen molar-refractivity contribution in [3.63, 3.8) is 0 Å². The summed E-state index contributed by atoms with van der Waals surface area (Å²) in [5.74, 6) is -0.718. The fourth-order valence-corrected chi connectivity index (χ4v) is 1.28. The molecule has 0 aliphatic carbocycles. The summed E-state index contributed by atoms with van der Waals surface area (Å²) < 4.78 is 5.28. The minimum Gasteiger partial charge on any atom is -0.376 e. The van der Waals surface area contributed by atoms with Gasteiger partial charge in [0.15, 0.2) is 0 Å². The molecule has 1 aliphatic heterocycles. The maximum absolute atomic E-state index is 11.0. The third-order valence-corrected chi connectivity index (χ3v) is 2.13. The second-order valence-electron chi connectivity index (χ2n) is 3.03. The third kappa shape index (κ3) is 3.93. The SMILES string of the molecule is O=C(CCl)NC(=O)NCC1CCCO1. The monoisotopic (exact) mass is 220 g/mol. The van der Waals surface area contributed by atoms with E-state index in [0.717, 1.165) is 19.4 Å². The molecule has 1 saturated heterocycles. The van der Waals surface area contributed by atoms with E-state index in [-0.39, 0.29) is 12.0 Å². The van der Waals surface area contributed by atoms with E-state index in [1.54, 1.807) is 0 Å². The van der Waals surface area contributed by atoms with Crippen LogP contribution in [0.25, 0.3) is 0 Å². The Labute approximate surface area is 87.1 Å². The van der Waals surface area contributed by atoms with Crippen LogP contribution in [0.5, 0.6) is 0 Å². The topological polar surface area (TPSA) is 67.4 Å². The Bertz CT molecular complexity index is 217. The van der Waals surface area contributed by atoms with E-state index >= 15 is 0 Å². The van der Waals surface area contributed by atoms with Crippen molar-refractivity contribution in [1.82, 2.24) is 10.6 Å². The maximum atomic E-state index is 11.0. The van der Waals surface area contributed by atoms with Crippen LogP contribution >= 0.6 is 11.6 Å². The van der Waals surface area contributed by atoms with Crippen LogP contribution in [0.4, 0.5) is 4.79 Å². The first-order chi connectivity index (χ1) is 6.72. The summed E-state index contributed by atoms with van der Waals surface area (Å²) >= 11 is 5.21. The van der Waals surface area contributed by atoms with E-state index in [0.29, 0.717) is 6.54 Å². The largest absolute Gasteiger partial charge is 0.376 e. The van der Waals surface area contributed by atoms with Gasteiger partial charge < -0.3 is 10.1 Å². The zero-order valence-corrected chi connectivity index (χ0v) is 8.47. The van der Waals surface area contributed by atoms with Gasteiger partial charge in [-0.15, -0.1) is 11.6 Å². The van der Waals surface area contributed by atoms with Crippen molar-refractivity contribution in [3.8, 4) is 0 Å². The summed E-state index contributed by atoms with van der Waals surface area (Å²) in [4.78, 5) is 21.7. The van der Waals surface area contributed by atoms with Crippen molar-refractivity contribution in [3.05, 3.63) is 0 Å². The molecule has 0 aromatic heterocycles. The fraction of sp³-hybridized carbons (Fsp3) is 0.750. The Kier molecular flexibility index (Phi) is 4.69. The van der Waals surface area contributed by atoms with Gasteiger partial charge in [0.25, 0.3) is 0 Å². The predicted molar refractivity (Wildman–Crippen MR) is 51.2 cm³/mol. The van der Waals surface area contributed by atoms with Crippen LogP contribution < -0.4 is 10.6 Å². The van der Waals surface area contributed by atoms with Crippen molar-refractivity contribution in [1.29, 1.82) is 0 Å². The van der Waals surface area contributed by atoms with E-state index < -0.39 is 11.9 Å². The number of carbonyl (C=O) groups is 2. The normalized spacial score (nSPS) is 20.5. The minimum absolute atomic E-state index is 0.0758. The summed E-state index contributed by atoms with van der Waals surface area (Å²) in [6, 6.07) is -0.522. The zero-order valence-electron chi connectivity index (χ0n) is 7.72. The number of hydrogen-bond acceptors (Lipinski definition) is 3. The molecule has 1 rings (SSSR count). The van der Waals surface area contributed by atoms with E-state index in [4.69, 9.17) is 16.3 Å². The molecular formula is C8H13ClN2O3. The van der Waals surface area contributed by atoms with Crippen LogP contribution in [-0.2, 0) is 9.53 Å². The molecule has 0 bridgehead atoms. The molecule has 0 aromatic carbocycles. The number of imide groups is 1. The molecule has 0 saturated carbocycles. The third-order valence-electron chi connectivity index (χ3n) is 1.89. The first-order valence-corrected chi connectivity index (χ1v) is 5.01. The first kappa shape index (κ1) is 11.3. The second kappa shape index (κ2) is 5.82. The number of urea groups is 1. The van der Waals surface area contributed by atoms with Gasteiger partial charge in [-0.3, -0.25) is 10.1 Å². The molecule has 3 amide bonds. The lowest BCUT2D eigenvalue weighted by atomic mass is 10.2. The zero-order chi connectivity index (χ0) is 10.4. The molecule has 5 nitrogen and oxygen atoms in total. The Morgan fingerprint density at radius 3 is 2.86 bits per heavy atom. The van der Waals surface area contributed by atoms with E-state index in [2.05, 4.69) is 10.6 Å². The quantitative estimate of drug-likeness (QED) is 0.670. The number of ether oxygens (including phenoxy) is 1. The van der Waals surface area contributed by atoms with Gasteiger partial charge in [0, 0.05) is 13.2 Å². The molecule has 1 aliphatic rings. The molecule has 14 heavy (non-hydrogen) atoms. The first-order valence-electron chi connectivity index (χ1n) is 4.47. The number of nitrogens with one attached hydrogen (secondary N) is 2. The summed E-state index contributed by atoms with van der Waals surface area (Å²) in [6.45, 7) is 1.18. The van der Waals surface area contributed by atoms with Gasteiger partial charge in [-0.05, 0) is 12.8 Å². The van der Waals surface area contributed by atoms with E-state index in [1.807, 2.05) is 0 Å². The molecule has 80 valence electrons. The Balaban J connectivity index is 2.11. The van der Waals surface area contributed by atoms with Crippen molar-refractivity contribution in [2.24, 2.45) is 0 Å². The minimum atomic E-state index is -0.522. The number of halogens is 1. The van der Waals surface area contributed by atoms with Crippen molar-refractivity contribution >= 4 is 23.5 Å². The molecule has 2 N–H and O–H groups in total. The van der Waals surface area contributed by atoms with Crippen LogP contribution in [0.15, 0.2) is 0 Å². The number of alkyl halides is 1. The highest BCUT2D eigenvalue weighted by Gasteiger charge is 2.16. The number of hydrogen-bond donors (Lipinski definition) is 2. The average Bonchev–Trinajstić information content (AvgIpc) is 2.67.